The van der Waals surface area contributed by atoms with Crippen LogP contribution in [-0.4, -0.2) is 41.8 Å². The SMILES string of the molecule is CCCCCCNC(=O)C(=O)N1C[C@]2(C[C@H]1C#N)C(=O)Nc1ccccc12. The predicted molar refractivity (Wildman–Crippen MR) is 99.6 cm³/mol. The molecule has 7 nitrogen and oxygen atoms in total. The molecule has 1 aromatic carbocycles. The van der Waals surface area contributed by atoms with Crippen LogP contribution in [0.4, 0.5) is 5.69 Å². The second-order valence-corrected chi connectivity index (χ2v) is 7.18. The predicted octanol–water partition coefficient (Wildman–Crippen LogP) is 1.70. The third-order valence-corrected chi connectivity index (χ3v) is 5.40. The number of benzene rings is 1. The van der Waals surface area contributed by atoms with Crippen LogP contribution in [0.2, 0.25) is 0 Å². The summed E-state index contributed by atoms with van der Waals surface area (Å²) in [6, 6.07) is 8.57. The van der Waals surface area contributed by atoms with Crippen LogP contribution in [0.3, 0.4) is 0 Å². The molecule has 3 rings (SSSR count). The number of nitriles is 1. The van der Waals surface area contributed by atoms with Crippen molar-refractivity contribution in [3.63, 3.8) is 0 Å². The van der Waals surface area contributed by atoms with E-state index >= 15 is 0 Å². The number of nitrogens with zero attached hydrogens (tertiary/aromatic N) is 2. The van der Waals surface area contributed by atoms with Gasteiger partial charge in [0.25, 0.3) is 0 Å². The Bertz CT molecular complexity index is 801. The van der Waals surface area contributed by atoms with Gasteiger partial charge in [-0.2, -0.15) is 5.26 Å². The highest BCUT2D eigenvalue weighted by molar-refractivity contribution is 6.35. The Labute approximate surface area is 158 Å². The number of nitrogens with one attached hydrogen (secondary N) is 2. The number of hydrogen-bond acceptors (Lipinski definition) is 4. The summed E-state index contributed by atoms with van der Waals surface area (Å²) in [5, 5.41) is 15.0. The third-order valence-electron chi connectivity index (χ3n) is 5.40. The van der Waals surface area contributed by atoms with Crippen molar-refractivity contribution < 1.29 is 14.4 Å². The Morgan fingerprint density at radius 2 is 2.11 bits per heavy atom. The van der Waals surface area contributed by atoms with Crippen molar-refractivity contribution in [2.45, 2.75) is 50.5 Å². The Balaban J connectivity index is 1.72. The number of hydrogen-bond donors (Lipinski definition) is 2. The second kappa shape index (κ2) is 7.78. The molecule has 27 heavy (non-hydrogen) atoms. The van der Waals surface area contributed by atoms with Crippen molar-refractivity contribution in [2.24, 2.45) is 0 Å². The number of carbonyl (C=O) groups is 3. The van der Waals surface area contributed by atoms with Crippen molar-refractivity contribution in [1.29, 1.82) is 5.26 Å². The van der Waals surface area contributed by atoms with Crippen LogP contribution in [0.25, 0.3) is 0 Å². The minimum absolute atomic E-state index is 0.0379. The number of fused-ring (bicyclic) bond motifs is 2. The summed E-state index contributed by atoms with van der Waals surface area (Å²) in [5.41, 5.74) is 0.521. The molecule has 1 fully saturated rings. The first-order chi connectivity index (χ1) is 13.0. The van der Waals surface area contributed by atoms with Gasteiger partial charge < -0.3 is 15.5 Å². The minimum atomic E-state index is -0.964. The van der Waals surface area contributed by atoms with Gasteiger partial charge in [0.05, 0.1) is 11.5 Å². The Morgan fingerprint density at radius 1 is 1.33 bits per heavy atom. The van der Waals surface area contributed by atoms with Crippen molar-refractivity contribution >= 4 is 23.4 Å². The van der Waals surface area contributed by atoms with Crippen LogP contribution < -0.4 is 10.6 Å². The average molecular weight is 368 g/mol. The second-order valence-electron chi connectivity index (χ2n) is 7.18. The van der Waals surface area contributed by atoms with Gasteiger partial charge in [-0.1, -0.05) is 44.4 Å². The number of anilines is 1. The van der Waals surface area contributed by atoms with Gasteiger partial charge in [0, 0.05) is 25.2 Å². The van der Waals surface area contributed by atoms with Crippen molar-refractivity contribution in [2.75, 3.05) is 18.4 Å². The van der Waals surface area contributed by atoms with Gasteiger partial charge in [0.1, 0.15) is 6.04 Å². The van der Waals surface area contributed by atoms with E-state index in [1.54, 1.807) is 6.07 Å². The Hall–Kier alpha value is -2.88. The molecule has 0 bridgehead atoms. The summed E-state index contributed by atoms with van der Waals surface area (Å²) in [7, 11) is 0. The van der Waals surface area contributed by atoms with Crippen molar-refractivity contribution in [3.8, 4) is 6.07 Å². The van der Waals surface area contributed by atoms with E-state index in [-0.39, 0.29) is 18.9 Å². The molecule has 0 saturated carbocycles. The first-order valence-corrected chi connectivity index (χ1v) is 9.43. The molecule has 1 spiro atoms. The lowest BCUT2D eigenvalue weighted by molar-refractivity contribution is -0.146. The standard InChI is InChI=1S/C20H24N4O3/c1-2-3-4-7-10-22-17(25)18(26)24-13-20(11-14(24)12-21)15-8-5-6-9-16(15)23-19(20)27/h5-6,8-9,14H,2-4,7,10-11,13H2,1H3,(H,22,25)(H,23,27)/t14-,20-/m0/s1. The van der Waals surface area contributed by atoms with Crippen LogP contribution in [0.15, 0.2) is 24.3 Å². The summed E-state index contributed by atoms with van der Waals surface area (Å²) >= 11 is 0. The van der Waals surface area contributed by atoms with Crippen LogP contribution in [0.1, 0.15) is 44.6 Å². The largest absolute Gasteiger partial charge is 0.348 e. The summed E-state index contributed by atoms with van der Waals surface area (Å²) in [6.07, 6.45) is 4.19. The number of likely N-dealkylation sites (tertiary alicyclic amines) is 1. The number of carbonyl (C=O) groups excluding carboxylic acids is 3. The van der Waals surface area contributed by atoms with E-state index in [9.17, 15) is 19.6 Å². The fraction of sp³-hybridized carbons (Fsp3) is 0.500. The summed E-state index contributed by atoms with van der Waals surface area (Å²) in [4.78, 5) is 38.8. The smallest absolute Gasteiger partial charge is 0.312 e. The highest BCUT2D eigenvalue weighted by Crippen LogP contribution is 2.46. The molecule has 1 saturated heterocycles. The third kappa shape index (κ3) is 3.39. The van der Waals surface area contributed by atoms with E-state index in [4.69, 9.17) is 0 Å². The van der Waals surface area contributed by atoms with Crippen molar-refractivity contribution in [1.82, 2.24) is 10.2 Å². The lowest BCUT2D eigenvalue weighted by atomic mass is 9.80. The van der Waals surface area contributed by atoms with Gasteiger partial charge in [-0.05, 0) is 18.1 Å². The lowest BCUT2D eigenvalue weighted by Crippen LogP contribution is -2.46. The lowest BCUT2D eigenvalue weighted by Gasteiger charge is -2.22. The normalized spacial score (nSPS) is 23.0. The fourth-order valence-electron chi connectivity index (χ4n) is 3.93. The van der Waals surface area contributed by atoms with Crippen LogP contribution in [-0.2, 0) is 19.8 Å². The molecule has 2 aliphatic heterocycles. The molecule has 2 aliphatic rings. The first kappa shape index (κ1) is 18.9. The summed E-state index contributed by atoms with van der Waals surface area (Å²) < 4.78 is 0. The molecule has 0 aliphatic carbocycles. The monoisotopic (exact) mass is 368 g/mol. The summed E-state index contributed by atoms with van der Waals surface area (Å²) in [5.74, 6) is -1.68. The van der Waals surface area contributed by atoms with E-state index in [2.05, 4.69) is 23.6 Å². The van der Waals surface area contributed by atoms with Crippen LogP contribution in [0.5, 0.6) is 0 Å². The Morgan fingerprint density at radius 3 is 2.85 bits per heavy atom. The van der Waals surface area contributed by atoms with Gasteiger partial charge in [-0.25, -0.2) is 0 Å². The molecule has 2 atom stereocenters. The van der Waals surface area contributed by atoms with Crippen LogP contribution >= 0.6 is 0 Å². The topological polar surface area (TPSA) is 102 Å². The number of rotatable bonds is 5. The molecule has 142 valence electrons. The molecule has 0 unspecified atom stereocenters. The Kier molecular flexibility index (Phi) is 5.45. The zero-order valence-corrected chi connectivity index (χ0v) is 15.5. The average Bonchev–Trinajstić information content (AvgIpc) is 3.20. The van der Waals surface area contributed by atoms with Crippen LogP contribution in [0, 0.1) is 11.3 Å². The first-order valence-electron chi connectivity index (χ1n) is 9.43. The highest BCUT2D eigenvalue weighted by atomic mass is 16.2. The van der Waals surface area contributed by atoms with Gasteiger partial charge >= 0.3 is 11.8 Å². The van der Waals surface area contributed by atoms with Gasteiger partial charge in [0.2, 0.25) is 5.91 Å². The fourth-order valence-corrected chi connectivity index (χ4v) is 3.93. The highest BCUT2D eigenvalue weighted by Gasteiger charge is 2.56. The molecule has 3 amide bonds. The zero-order valence-electron chi connectivity index (χ0n) is 15.5. The molecule has 0 aromatic heterocycles. The van der Waals surface area contributed by atoms with E-state index in [1.165, 1.54) is 4.90 Å². The molecule has 2 heterocycles. The van der Waals surface area contributed by atoms with E-state index < -0.39 is 23.3 Å². The van der Waals surface area contributed by atoms with Crippen molar-refractivity contribution in [3.05, 3.63) is 29.8 Å². The maximum Gasteiger partial charge on any atom is 0.312 e. The van der Waals surface area contributed by atoms with E-state index in [0.717, 1.165) is 31.2 Å². The van der Waals surface area contributed by atoms with Gasteiger partial charge in [-0.15, -0.1) is 0 Å². The number of unbranched alkanes of at least 4 members (excludes halogenated alkanes) is 3. The number of amides is 3. The molecule has 2 N–H and O–H groups in total. The number of para-hydroxylation sites is 1. The molecular weight excluding hydrogens is 344 g/mol. The molecular formula is C20H24N4O3. The van der Waals surface area contributed by atoms with E-state index in [1.807, 2.05) is 18.2 Å². The quantitative estimate of drug-likeness (QED) is 0.610. The zero-order chi connectivity index (χ0) is 19.4. The van der Waals surface area contributed by atoms with Gasteiger partial charge in [0.15, 0.2) is 0 Å². The maximum absolute atomic E-state index is 12.7. The summed E-state index contributed by atoms with van der Waals surface area (Å²) in [6.45, 7) is 2.57. The van der Waals surface area contributed by atoms with E-state index in [0.29, 0.717) is 12.2 Å². The molecule has 1 aromatic rings. The molecule has 7 heteroatoms. The molecule has 0 radical (unpaired) electrons. The van der Waals surface area contributed by atoms with Gasteiger partial charge in [-0.3, -0.25) is 14.4 Å². The maximum atomic E-state index is 12.7. The minimum Gasteiger partial charge on any atom is -0.348 e.